The van der Waals surface area contributed by atoms with Crippen molar-refractivity contribution in [3.05, 3.63) is 17.5 Å². The lowest BCUT2D eigenvalue weighted by atomic mass is 9.99. The Bertz CT molecular complexity index is 543. The molecule has 0 aromatic carbocycles. The van der Waals surface area contributed by atoms with Gasteiger partial charge in [-0.1, -0.05) is 19.0 Å². The van der Waals surface area contributed by atoms with E-state index in [0.29, 0.717) is 18.6 Å². The largest absolute Gasteiger partial charge is 0.381 e. The molecule has 0 unspecified atom stereocenters. The van der Waals surface area contributed by atoms with Crippen molar-refractivity contribution in [2.75, 3.05) is 32.9 Å². The summed E-state index contributed by atoms with van der Waals surface area (Å²) in [6, 6.07) is 2.03. The van der Waals surface area contributed by atoms with E-state index in [9.17, 15) is 0 Å². The fourth-order valence-electron chi connectivity index (χ4n) is 3.17. The molecule has 0 amide bonds. The molecule has 1 aliphatic rings. The molecule has 1 aromatic rings. The van der Waals surface area contributed by atoms with Crippen LogP contribution in [-0.2, 0) is 16.0 Å². The number of guanidine groups is 1. The molecule has 2 heterocycles. The predicted octanol–water partition coefficient (Wildman–Crippen LogP) is 3.84. The van der Waals surface area contributed by atoms with Gasteiger partial charge in [0.15, 0.2) is 11.7 Å². The second-order valence-corrected chi connectivity index (χ2v) is 6.89. The van der Waals surface area contributed by atoms with Gasteiger partial charge in [0.2, 0.25) is 0 Å². The third kappa shape index (κ3) is 9.09. The maximum Gasteiger partial charge on any atom is 0.191 e. The second-order valence-electron chi connectivity index (χ2n) is 6.89. The average Bonchev–Trinajstić information content (AvgIpc) is 3.16. The Kier molecular flexibility index (Phi) is 13.5. The predicted molar refractivity (Wildman–Crippen MR) is 122 cm³/mol. The van der Waals surface area contributed by atoms with Gasteiger partial charge < -0.3 is 24.6 Å². The molecule has 2 N–H and O–H groups in total. The van der Waals surface area contributed by atoms with Crippen molar-refractivity contribution in [3.8, 4) is 0 Å². The van der Waals surface area contributed by atoms with Gasteiger partial charge in [-0.2, -0.15) is 0 Å². The standard InChI is InChI=1S/C20H36N4O3.HI/c1-4-16(5-2)19-14-18(27-24-19)15-23-20(21-6-3)22-10-7-11-26-17-8-12-25-13-9-17;/h14,16-17H,4-13,15H2,1-3H3,(H2,21,22,23);1H. The van der Waals surface area contributed by atoms with Crippen LogP contribution in [0.25, 0.3) is 0 Å². The lowest BCUT2D eigenvalue weighted by Crippen LogP contribution is -2.38. The van der Waals surface area contributed by atoms with E-state index in [-0.39, 0.29) is 24.0 Å². The van der Waals surface area contributed by atoms with E-state index in [1.807, 2.05) is 6.07 Å². The van der Waals surface area contributed by atoms with Gasteiger partial charge in [0.1, 0.15) is 6.54 Å². The topological polar surface area (TPSA) is 80.9 Å². The van der Waals surface area contributed by atoms with Crippen molar-refractivity contribution >= 4 is 29.9 Å². The number of rotatable bonds is 11. The molecule has 1 aliphatic heterocycles. The summed E-state index contributed by atoms with van der Waals surface area (Å²) in [6.45, 7) is 11.0. The van der Waals surface area contributed by atoms with Gasteiger partial charge in [-0.05, 0) is 39.0 Å². The Morgan fingerprint density at radius 2 is 2.00 bits per heavy atom. The van der Waals surface area contributed by atoms with Gasteiger partial charge in [0, 0.05) is 44.9 Å². The van der Waals surface area contributed by atoms with E-state index in [1.165, 1.54) is 0 Å². The van der Waals surface area contributed by atoms with Gasteiger partial charge in [-0.15, -0.1) is 24.0 Å². The highest BCUT2D eigenvalue weighted by molar-refractivity contribution is 14.0. The van der Waals surface area contributed by atoms with Crippen molar-refractivity contribution in [2.24, 2.45) is 4.99 Å². The van der Waals surface area contributed by atoms with Crippen LogP contribution in [0.3, 0.4) is 0 Å². The number of aromatic nitrogens is 1. The Balaban J connectivity index is 0.00000392. The van der Waals surface area contributed by atoms with Crippen LogP contribution >= 0.6 is 24.0 Å². The van der Waals surface area contributed by atoms with E-state index >= 15 is 0 Å². The van der Waals surface area contributed by atoms with Crippen molar-refractivity contribution < 1.29 is 14.0 Å². The van der Waals surface area contributed by atoms with E-state index in [0.717, 1.165) is 82.4 Å². The van der Waals surface area contributed by atoms with Crippen molar-refractivity contribution in [2.45, 2.75) is 71.4 Å². The van der Waals surface area contributed by atoms with E-state index in [4.69, 9.17) is 14.0 Å². The zero-order valence-corrected chi connectivity index (χ0v) is 19.9. The zero-order chi connectivity index (χ0) is 19.3. The quantitative estimate of drug-likeness (QED) is 0.205. The van der Waals surface area contributed by atoms with Gasteiger partial charge in [0.25, 0.3) is 0 Å². The van der Waals surface area contributed by atoms with Crippen molar-refractivity contribution in [1.29, 1.82) is 0 Å². The van der Waals surface area contributed by atoms with Crippen LogP contribution in [0.4, 0.5) is 0 Å². The molecule has 0 aliphatic carbocycles. The van der Waals surface area contributed by atoms with Gasteiger partial charge in [-0.3, -0.25) is 0 Å². The van der Waals surface area contributed by atoms with Crippen LogP contribution in [0.15, 0.2) is 15.6 Å². The normalized spacial score (nSPS) is 15.5. The molecule has 8 heteroatoms. The van der Waals surface area contributed by atoms with Crippen LogP contribution in [0.2, 0.25) is 0 Å². The van der Waals surface area contributed by atoms with Gasteiger partial charge in [0.05, 0.1) is 11.8 Å². The summed E-state index contributed by atoms with van der Waals surface area (Å²) in [7, 11) is 0. The number of ether oxygens (including phenoxy) is 2. The summed E-state index contributed by atoms with van der Waals surface area (Å²) in [5, 5.41) is 10.8. The molecule has 0 bridgehead atoms. The molecule has 0 saturated carbocycles. The van der Waals surface area contributed by atoms with Gasteiger partial charge in [-0.25, -0.2) is 4.99 Å². The molecule has 28 heavy (non-hydrogen) atoms. The molecule has 0 spiro atoms. The molecule has 7 nitrogen and oxygen atoms in total. The summed E-state index contributed by atoms with van der Waals surface area (Å²) in [4.78, 5) is 4.60. The maximum atomic E-state index is 5.90. The molecular formula is C20H37IN4O3. The highest BCUT2D eigenvalue weighted by atomic mass is 127. The average molecular weight is 508 g/mol. The molecule has 2 rings (SSSR count). The smallest absolute Gasteiger partial charge is 0.191 e. The molecule has 0 radical (unpaired) electrons. The summed E-state index contributed by atoms with van der Waals surface area (Å²) < 4.78 is 16.7. The summed E-state index contributed by atoms with van der Waals surface area (Å²) in [6.07, 6.45) is 5.47. The zero-order valence-electron chi connectivity index (χ0n) is 17.5. The Morgan fingerprint density at radius 3 is 2.68 bits per heavy atom. The number of hydrogen-bond donors (Lipinski definition) is 2. The van der Waals surface area contributed by atoms with E-state index in [2.05, 4.69) is 41.6 Å². The second kappa shape index (κ2) is 15.0. The minimum atomic E-state index is 0. The number of nitrogens with one attached hydrogen (secondary N) is 2. The Labute approximate surface area is 186 Å². The maximum absolute atomic E-state index is 5.90. The lowest BCUT2D eigenvalue weighted by Gasteiger charge is -2.22. The van der Waals surface area contributed by atoms with E-state index < -0.39 is 0 Å². The molecular weight excluding hydrogens is 471 g/mol. The highest BCUT2D eigenvalue weighted by Gasteiger charge is 2.14. The van der Waals surface area contributed by atoms with Crippen LogP contribution in [0.5, 0.6) is 0 Å². The van der Waals surface area contributed by atoms with Crippen molar-refractivity contribution in [1.82, 2.24) is 15.8 Å². The lowest BCUT2D eigenvalue weighted by molar-refractivity contribution is -0.0320. The summed E-state index contributed by atoms with van der Waals surface area (Å²) in [5.74, 6) is 2.06. The summed E-state index contributed by atoms with van der Waals surface area (Å²) >= 11 is 0. The fraction of sp³-hybridized carbons (Fsp3) is 0.800. The molecule has 1 fully saturated rings. The van der Waals surface area contributed by atoms with Crippen molar-refractivity contribution in [3.63, 3.8) is 0 Å². The minimum Gasteiger partial charge on any atom is -0.381 e. The van der Waals surface area contributed by atoms with Crippen LogP contribution < -0.4 is 10.6 Å². The van der Waals surface area contributed by atoms with Crippen LogP contribution in [0, 0.1) is 0 Å². The SMILES string of the molecule is CCNC(=NCc1cc(C(CC)CC)no1)NCCCOC1CCOCC1.I. The number of halogens is 1. The number of aliphatic imine (C=N–C) groups is 1. The third-order valence-electron chi connectivity index (χ3n) is 4.85. The first kappa shape index (κ1) is 25.2. The third-order valence-corrected chi connectivity index (χ3v) is 4.85. The Hall–Kier alpha value is -0.870. The first-order valence-corrected chi connectivity index (χ1v) is 10.4. The molecule has 0 atom stereocenters. The Morgan fingerprint density at radius 1 is 1.25 bits per heavy atom. The highest BCUT2D eigenvalue weighted by Crippen LogP contribution is 2.22. The first-order valence-electron chi connectivity index (χ1n) is 10.4. The van der Waals surface area contributed by atoms with Crippen LogP contribution in [0.1, 0.15) is 70.2 Å². The fourth-order valence-corrected chi connectivity index (χ4v) is 3.17. The molecule has 162 valence electrons. The first-order chi connectivity index (χ1) is 13.3. The molecule has 1 aromatic heterocycles. The number of hydrogen-bond acceptors (Lipinski definition) is 5. The summed E-state index contributed by atoms with van der Waals surface area (Å²) in [5.41, 5.74) is 1.04. The van der Waals surface area contributed by atoms with E-state index in [1.54, 1.807) is 0 Å². The van der Waals surface area contributed by atoms with Crippen LogP contribution in [-0.4, -0.2) is 50.1 Å². The monoisotopic (exact) mass is 508 g/mol. The molecule has 1 saturated heterocycles. The minimum absolute atomic E-state index is 0. The number of nitrogens with zero attached hydrogens (tertiary/aromatic N) is 2. The van der Waals surface area contributed by atoms with Gasteiger partial charge >= 0.3 is 0 Å².